The minimum Gasteiger partial charge on any atom is -0.316 e. The molecule has 2 heterocycles. The molecule has 7 heteroatoms. The number of aromatic nitrogens is 4. The maximum Gasteiger partial charge on any atom is 0.190 e. The van der Waals surface area contributed by atoms with Crippen LogP contribution in [0.15, 0.2) is 48.7 Å². The Labute approximate surface area is 134 Å². The summed E-state index contributed by atoms with van der Waals surface area (Å²) >= 11 is 0. The lowest BCUT2D eigenvalue weighted by Gasteiger charge is -2.07. The molecule has 1 N–H and O–H groups in total. The molecule has 0 spiro atoms. The molecule has 4 rings (SSSR count). The molecule has 0 amide bonds. The van der Waals surface area contributed by atoms with E-state index in [1.54, 1.807) is 10.8 Å². The number of H-pyrrole nitrogens is 1. The number of benzene rings is 2. The Morgan fingerprint density at radius 1 is 1.04 bits per heavy atom. The number of rotatable bonds is 2. The van der Waals surface area contributed by atoms with Gasteiger partial charge in [0.25, 0.3) is 0 Å². The van der Waals surface area contributed by atoms with Gasteiger partial charge in [-0.15, -0.1) is 5.10 Å². The molecule has 116 valence electrons. The van der Waals surface area contributed by atoms with Crippen LogP contribution in [0.1, 0.15) is 5.69 Å². The topological polar surface area (TPSA) is 70.3 Å². The van der Waals surface area contributed by atoms with Crippen molar-refractivity contribution < 1.29 is 8.78 Å². The Hall–Kier alpha value is -3.53. The Morgan fingerprint density at radius 3 is 2.71 bits per heavy atom. The van der Waals surface area contributed by atoms with Crippen molar-refractivity contribution in [3.63, 3.8) is 0 Å². The van der Waals surface area contributed by atoms with Crippen molar-refractivity contribution in [3.8, 4) is 23.0 Å². The second-order valence-corrected chi connectivity index (χ2v) is 5.16. The number of fused-ring (bicyclic) bond motifs is 1. The van der Waals surface area contributed by atoms with Crippen molar-refractivity contribution in [3.05, 3.63) is 66.0 Å². The highest BCUT2D eigenvalue weighted by atomic mass is 19.2. The third-order valence-corrected chi connectivity index (χ3v) is 3.82. The first-order valence-electron chi connectivity index (χ1n) is 7.06. The van der Waals surface area contributed by atoms with Gasteiger partial charge in [-0.25, -0.2) is 8.78 Å². The van der Waals surface area contributed by atoms with Crippen molar-refractivity contribution >= 4 is 10.9 Å². The van der Waals surface area contributed by atoms with E-state index >= 15 is 0 Å². The van der Waals surface area contributed by atoms with Gasteiger partial charge in [-0.05, 0) is 24.3 Å². The molecule has 0 saturated carbocycles. The van der Waals surface area contributed by atoms with E-state index in [4.69, 9.17) is 5.26 Å². The maximum atomic E-state index is 13.5. The van der Waals surface area contributed by atoms with Gasteiger partial charge in [0.1, 0.15) is 11.8 Å². The van der Waals surface area contributed by atoms with Crippen LogP contribution in [0.3, 0.4) is 0 Å². The summed E-state index contributed by atoms with van der Waals surface area (Å²) < 4.78 is 28.4. The summed E-state index contributed by atoms with van der Waals surface area (Å²) in [6.07, 6.45) is 1.76. The van der Waals surface area contributed by atoms with E-state index in [2.05, 4.69) is 15.4 Å². The molecule has 0 radical (unpaired) electrons. The fourth-order valence-electron chi connectivity index (χ4n) is 2.73. The molecule has 2 aromatic heterocycles. The van der Waals surface area contributed by atoms with Gasteiger partial charge >= 0.3 is 0 Å². The number of aromatic amines is 1. The van der Waals surface area contributed by atoms with Crippen LogP contribution in [0.5, 0.6) is 0 Å². The Balaban J connectivity index is 1.94. The van der Waals surface area contributed by atoms with E-state index in [1.807, 2.05) is 30.3 Å². The second kappa shape index (κ2) is 5.28. The van der Waals surface area contributed by atoms with Crippen LogP contribution in [-0.4, -0.2) is 20.0 Å². The summed E-state index contributed by atoms with van der Waals surface area (Å²) in [5.41, 5.74) is 2.67. The van der Waals surface area contributed by atoms with Crippen LogP contribution in [-0.2, 0) is 0 Å². The summed E-state index contributed by atoms with van der Waals surface area (Å²) in [4.78, 5) is 0. The van der Waals surface area contributed by atoms with Crippen LogP contribution in [0.2, 0.25) is 0 Å². The highest BCUT2D eigenvalue weighted by Gasteiger charge is 2.15. The van der Waals surface area contributed by atoms with Gasteiger partial charge < -0.3 is 4.57 Å². The summed E-state index contributed by atoms with van der Waals surface area (Å²) in [7, 11) is 0. The lowest BCUT2D eigenvalue weighted by molar-refractivity contribution is 0.508. The van der Waals surface area contributed by atoms with E-state index in [-0.39, 0.29) is 5.69 Å². The number of nitrogens with one attached hydrogen (secondary N) is 1. The molecule has 0 aliphatic heterocycles. The minimum absolute atomic E-state index is 0.197. The summed E-state index contributed by atoms with van der Waals surface area (Å²) in [5, 5.41) is 20.2. The van der Waals surface area contributed by atoms with E-state index < -0.39 is 11.6 Å². The summed E-state index contributed by atoms with van der Waals surface area (Å²) in [6, 6.07) is 13.0. The van der Waals surface area contributed by atoms with Crippen LogP contribution < -0.4 is 0 Å². The Morgan fingerprint density at radius 2 is 1.92 bits per heavy atom. The molecular weight excluding hydrogens is 312 g/mol. The highest BCUT2D eigenvalue weighted by molar-refractivity contribution is 5.96. The number of hydrogen-bond donors (Lipinski definition) is 1. The molecule has 0 bridgehead atoms. The van der Waals surface area contributed by atoms with Crippen LogP contribution >= 0.6 is 0 Å². The van der Waals surface area contributed by atoms with E-state index in [9.17, 15) is 8.78 Å². The van der Waals surface area contributed by atoms with Crippen molar-refractivity contribution in [1.29, 1.82) is 5.26 Å². The average molecular weight is 321 g/mol. The molecule has 0 atom stereocenters. The zero-order valence-electron chi connectivity index (χ0n) is 12.2. The van der Waals surface area contributed by atoms with Gasteiger partial charge in [0.15, 0.2) is 17.3 Å². The molecule has 0 unspecified atom stereocenters. The molecule has 0 aliphatic rings. The number of nitrogens with zero attached hydrogens (tertiary/aromatic N) is 4. The molecule has 5 nitrogen and oxygen atoms in total. The number of hydrogen-bond acceptors (Lipinski definition) is 3. The molecule has 24 heavy (non-hydrogen) atoms. The fraction of sp³-hybridized carbons (Fsp3) is 0. The molecule has 0 saturated heterocycles. The van der Waals surface area contributed by atoms with Gasteiger partial charge in [0.05, 0.1) is 5.52 Å². The van der Waals surface area contributed by atoms with Crippen molar-refractivity contribution in [2.24, 2.45) is 0 Å². The standard InChI is InChI=1S/C17H9F2N5/c18-13-5-4-10(8-14(13)19)24-7-6-11-12(2-1-3-16(11)24)17-15(9-20)21-23-22-17/h1-8H,(H,21,22,23). The molecular formula is C17H9F2N5. The monoisotopic (exact) mass is 321 g/mol. The maximum absolute atomic E-state index is 13.5. The van der Waals surface area contributed by atoms with Gasteiger partial charge in [-0.3, -0.25) is 0 Å². The lowest BCUT2D eigenvalue weighted by atomic mass is 10.1. The van der Waals surface area contributed by atoms with Crippen molar-refractivity contribution in [2.45, 2.75) is 0 Å². The van der Waals surface area contributed by atoms with Crippen LogP contribution in [0.25, 0.3) is 27.8 Å². The zero-order chi connectivity index (χ0) is 16.7. The molecule has 0 aliphatic carbocycles. The largest absolute Gasteiger partial charge is 0.316 e. The first-order valence-corrected chi connectivity index (χ1v) is 7.06. The summed E-state index contributed by atoms with van der Waals surface area (Å²) in [6.45, 7) is 0. The third-order valence-electron chi connectivity index (χ3n) is 3.82. The molecule has 2 aromatic carbocycles. The Bertz CT molecular complexity index is 1100. The quantitative estimate of drug-likeness (QED) is 0.613. The third kappa shape index (κ3) is 2.05. The Kier molecular flexibility index (Phi) is 3.10. The molecule has 0 fully saturated rings. The van der Waals surface area contributed by atoms with Gasteiger partial charge in [-0.2, -0.15) is 15.6 Å². The number of nitriles is 1. The normalized spacial score (nSPS) is 10.9. The van der Waals surface area contributed by atoms with Crippen molar-refractivity contribution in [2.75, 3.05) is 0 Å². The van der Waals surface area contributed by atoms with Crippen LogP contribution in [0.4, 0.5) is 8.78 Å². The predicted molar refractivity (Wildman–Crippen MR) is 83.3 cm³/mol. The van der Waals surface area contributed by atoms with E-state index in [0.717, 1.165) is 28.6 Å². The second-order valence-electron chi connectivity index (χ2n) is 5.16. The van der Waals surface area contributed by atoms with Crippen molar-refractivity contribution in [1.82, 2.24) is 20.0 Å². The van der Waals surface area contributed by atoms with Crippen LogP contribution in [0, 0.1) is 23.0 Å². The molecule has 4 aromatic rings. The van der Waals surface area contributed by atoms with Gasteiger partial charge in [-0.1, -0.05) is 12.1 Å². The first-order chi connectivity index (χ1) is 11.7. The van der Waals surface area contributed by atoms with Gasteiger partial charge in [0.2, 0.25) is 0 Å². The highest BCUT2D eigenvalue weighted by Crippen LogP contribution is 2.31. The lowest BCUT2D eigenvalue weighted by Crippen LogP contribution is -1.94. The summed E-state index contributed by atoms with van der Waals surface area (Å²) in [5.74, 6) is -1.80. The number of halogens is 2. The van der Waals surface area contributed by atoms with E-state index in [1.165, 1.54) is 6.07 Å². The average Bonchev–Trinajstić information content (AvgIpc) is 3.23. The zero-order valence-corrected chi connectivity index (χ0v) is 12.2. The smallest absolute Gasteiger partial charge is 0.190 e. The van der Waals surface area contributed by atoms with E-state index in [0.29, 0.717) is 11.4 Å². The fourth-order valence-corrected chi connectivity index (χ4v) is 2.73. The SMILES string of the molecule is N#Cc1n[nH]nc1-c1cccc2c1ccn2-c1ccc(F)c(F)c1. The minimum atomic E-state index is -0.909. The van der Waals surface area contributed by atoms with Gasteiger partial charge in [0, 0.05) is 28.9 Å². The first kappa shape index (κ1) is 14.1. The predicted octanol–water partition coefficient (Wildman–Crippen LogP) is 3.57.